The molecule has 0 fully saturated rings. The molecule has 8 heteroatoms. The lowest BCUT2D eigenvalue weighted by Crippen LogP contribution is -2.41. The number of carboxylic acids is 1. The summed E-state index contributed by atoms with van der Waals surface area (Å²) in [6.07, 6.45) is -0.904. The quantitative estimate of drug-likeness (QED) is 0.643. The topological polar surface area (TPSA) is 111 Å². The number of aliphatic carboxylic acids is 1. The Morgan fingerprint density at radius 3 is 2.38 bits per heavy atom. The van der Waals surface area contributed by atoms with E-state index >= 15 is 0 Å². The monoisotopic (exact) mass is 367 g/mol. The van der Waals surface area contributed by atoms with Crippen molar-refractivity contribution in [3.63, 3.8) is 0 Å². The first-order valence-electron chi connectivity index (χ1n) is 8.14. The Bertz CT molecular complexity index is 595. The van der Waals surface area contributed by atoms with E-state index in [4.69, 9.17) is 19.3 Å². The number of carboxylic acid groups (broad SMARTS) is 1. The van der Waals surface area contributed by atoms with E-state index < -0.39 is 36.3 Å². The van der Waals surface area contributed by atoms with Gasteiger partial charge in [-0.2, -0.15) is 0 Å². The molecule has 26 heavy (non-hydrogen) atoms. The fourth-order valence-electron chi connectivity index (χ4n) is 1.96. The number of hydrogen-bond donors (Lipinski definition) is 2. The van der Waals surface area contributed by atoms with Gasteiger partial charge < -0.3 is 24.6 Å². The average Bonchev–Trinajstić information content (AvgIpc) is 2.51. The Morgan fingerprint density at radius 1 is 1.15 bits per heavy atom. The number of carbonyl (C=O) groups is 3. The van der Waals surface area contributed by atoms with Crippen LogP contribution in [0.4, 0.5) is 4.79 Å². The molecule has 0 spiro atoms. The van der Waals surface area contributed by atoms with Crippen LogP contribution >= 0.6 is 0 Å². The van der Waals surface area contributed by atoms with Crippen LogP contribution in [0.25, 0.3) is 0 Å². The SMILES string of the molecule is CC(C)(C)OC(=O)C[C@@H](COCC(=O)O)NC(=O)OCc1ccccc1. The third-order valence-corrected chi connectivity index (χ3v) is 2.91. The molecule has 0 unspecified atom stereocenters. The number of esters is 1. The average molecular weight is 367 g/mol. The van der Waals surface area contributed by atoms with Gasteiger partial charge in [-0.1, -0.05) is 30.3 Å². The maximum atomic E-state index is 11.9. The zero-order valence-electron chi connectivity index (χ0n) is 15.2. The fraction of sp³-hybridized carbons (Fsp3) is 0.500. The molecule has 1 amide bonds. The minimum atomic E-state index is -1.15. The van der Waals surface area contributed by atoms with Gasteiger partial charge in [-0.05, 0) is 26.3 Å². The lowest BCUT2D eigenvalue weighted by molar-refractivity contribution is -0.155. The Labute approximate surface area is 152 Å². The zero-order valence-corrected chi connectivity index (χ0v) is 15.2. The molecule has 2 N–H and O–H groups in total. The number of alkyl carbamates (subject to hydrolysis) is 1. The van der Waals surface area contributed by atoms with Crippen LogP contribution < -0.4 is 5.32 Å². The molecule has 0 aliphatic heterocycles. The number of ether oxygens (including phenoxy) is 3. The smallest absolute Gasteiger partial charge is 0.407 e. The molecule has 0 aromatic heterocycles. The molecule has 0 saturated heterocycles. The van der Waals surface area contributed by atoms with Gasteiger partial charge in [-0.15, -0.1) is 0 Å². The highest BCUT2D eigenvalue weighted by molar-refractivity contribution is 5.73. The summed E-state index contributed by atoms with van der Waals surface area (Å²) in [6.45, 7) is 4.55. The summed E-state index contributed by atoms with van der Waals surface area (Å²) in [5.74, 6) is -1.68. The molecule has 0 heterocycles. The van der Waals surface area contributed by atoms with Crippen molar-refractivity contribution in [2.24, 2.45) is 0 Å². The highest BCUT2D eigenvalue weighted by atomic mass is 16.6. The first kappa shape index (κ1) is 21.4. The largest absolute Gasteiger partial charge is 0.480 e. The molecule has 144 valence electrons. The highest BCUT2D eigenvalue weighted by Gasteiger charge is 2.22. The number of carbonyl (C=O) groups excluding carboxylic acids is 2. The highest BCUT2D eigenvalue weighted by Crippen LogP contribution is 2.10. The molecule has 8 nitrogen and oxygen atoms in total. The van der Waals surface area contributed by atoms with Gasteiger partial charge in [0.05, 0.1) is 19.1 Å². The van der Waals surface area contributed by atoms with Gasteiger partial charge in [0.2, 0.25) is 0 Å². The first-order chi connectivity index (χ1) is 12.2. The Hall–Kier alpha value is -2.61. The van der Waals surface area contributed by atoms with Gasteiger partial charge in [0.1, 0.15) is 18.8 Å². The van der Waals surface area contributed by atoms with Gasteiger partial charge in [0, 0.05) is 0 Å². The summed E-state index contributed by atoms with van der Waals surface area (Å²) in [5.41, 5.74) is 0.144. The Morgan fingerprint density at radius 2 is 1.81 bits per heavy atom. The van der Waals surface area contributed by atoms with Gasteiger partial charge >= 0.3 is 18.0 Å². The van der Waals surface area contributed by atoms with Crippen molar-refractivity contribution in [2.75, 3.05) is 13.2 Å². The molecule has 0 aliphatic carbocycles. The third-order valence-electron chi connectivity index (χ3n) is 2.91. The van der Waals surface area contributed by atoms with Crippen LogP contribution in [0.15, 0.2) is 30.3 Å². The summed E-state index contributed by atoms with van der Waals surface area (Å²) < 4.78 is 15.3. The van der Waals surface area contributed by atoms with E-state index in [1.165, 1.54) is 0 Å². The van der Waals surface area contributed by atoms with Crippen molar-refractivity contribution in [3.8, 4) is 0 Å². The van der Waals surface area contributed by atoms with Crippen LogP contribution in [0.3, 0.4) is 0 Å². The molecular weight excluding hydrogens is 342 g/mol. The zero-order chi connectivity index (χ0) is 19.6. The van der Waals surface area contributed by atoms with Crippen molar-refractivity contribution in [2.45, 2.75) is 45.4 Å². The molecule has 0 saturated carbocycles. The molecule has 1 aromatic rings. The van der Waals surface area contributed by atoms with Crippen LogP contribution in [0.5, 0.6) is 0 Å². The van der Waals surface area contributed by atoms with Gasteiger partial charge in [0.25, 0.3) is 0 Å². The first-order valence-corrected chi connectivity index (χ1v) is 8.14. The molecular formula is C18H25NO7. The van der Waals surface area contributed by atoms with Crippen LogP contribution in [-0.4, -0.2) is 48.0 Å². The van der Waals surface area contributed by atoms with Crippen molar-refractivity contribution in [1.82, 2.24) is 5.32 Å². The second-order valence-corrected chi connectivity index (χ2v) is 6.60. The molecule has 0 bridgehead atoms. The van der Waals surface area contributed by atoms with Crippen LogP contribution in [0, 0.1) is 0 Å². The number of benzene rings is 1. The normalized spacial score (nSPS) is 12.1. The predicted octanol–water partition coefficient (Wildman–Crippen LogP) is 2.11. The molecule has 1 aromatic carbocycles. The summed E-state index contributed by atoms with van der Waals surface area (Å²) in [5, 5.41) is 11.1. The maximum absolute atomic E-state index is 11.9. The third kappa shape index (κ3) is 10.3. The van der Waals surface area contributed by atoms with Crippen molar-refractivity contribution in [3.05, 3.63) is 35.9 Å². The number of hydrogen-bond acceptors (Lipinski definition) is 6. The van der Waals surface area contributed by atoms with E-state index in [9.17, 15) is 14.4 Å². The van der Waals surface area contributed by atoms with Crippen molar-refractivity contribution < 1.29 is 33.7 Å². The van der Waals surface area contributed by atoms with Crippen LogP contribution in [0.1, 0.15) is 32.8 Å². The maximum Gasteiger partial charge on any atom is 0.407 e. The van der Waals surface area contributed by atoms with E-state index in [-0.39, 0.29) is 19.6 Å². The van der Waals surface area contributed by atoms with Crippen LogP contribution in [-0.2, 0) is 30.4 Å². The van der Waals surface area contributed by atoms with Crippen molar-refractivity contribution >= 4 is 18.0 Å². The fourth-order valence-corrected chi connectivity index (χ4v) is 1.96. The minimum absolute atomic E-state index is 0.0712. The second-order valence-electron chi connectivity index (χ2n) is 6.60. The summed E-state index contributed by atoms with van der Waals surface area (Å²) >= 11 is 0. The van der Waals surface area contributed by atoms with E-state index in [0.717, 1.165) is 5.56 Å². The summed E-state index contributed by atoms with van der Waals surface area (Å²) in [7, 11) is 0. The van der Waals surface area contributed by atoms with E-state index in [2.05, 4.69) is 5.32 Å². The standard InChI is InChI=1S/C18H25NO7/c1-18(2,3)26-16(22)9-14(11-24-12-15(20)21)19-17(23)25-10-13-7-5-4-6-8-13/h4-8,14H,9-12H2,1-3H3,(H,19,23)(H,20,21)/t14-/m0/s1. The van der Waals surface area contributed by atoms with E-state index in [0.29, 0.717) is 0 Å². The molecule has 1 atom stereocenters. The van der Waals surface area contributed by atoms with E-state index in [1.807, 2.05) is 18.2 Å². The van der Waals surface area contributed by atoms with Crippen LogP contribution in [0.2, 0.25) is 0 Å². The second kappa shape index (κ2) is 10.4. The summed E-state index contributed by atoms with van der Waals surface area (Å²) in [6, 6.07) is 8.33. The van der Waals surface area contributed by atoms with Gasteiger partial charge in [-0.3, -0.25) is 4.79 Å². The lowest BCUT2D eigenvalue weighted by Gasteiger charge is -2.22. The minimum Gasteiger partial charge on any atom is -0.480 e. The lowest BCUT2D eigenvalue weighted by atomic mass is 10.2. The van der Waals surface area contributed by atoms with Gasteiger partial charge in [0.15, 0.2) is 0 Å². The number of nitrogens with one attached hydrogen (secondary N) is 1. The Kier molecular flexibility index (Phi) is 8.57. The van der Waals surface area contributed by atoms with Crippen molar-refractivity contribution in [1.29, 1.82) is 0 Å². The summed E-state index contributed by atoms with van der Waals surface area (Å²) in [4.78, 5) is 34.4. The number of amides is 1. The number of rotatable bonds is 9. The predicted molar refractivity (Wildman–Crippen MR) is 92.5 cm³/mol. The van der Waals surface area contributed by atoms with E-state index in [1.54, 1.807) is 32.9 Å². The van der Waals surface area contributed by atoms with Gasteiger partial charge in [-0.25, -0.2) is 9.59 Å². The molecule has 0 radical (unpaired) electrons. The Balaban J connectivity index is 2.54. The molecule has 0 aliphatic rings. The molecule has 1 rings (SSSR count).